The van der Waals surface area contributed by atoms with Crippen LogP contribution < -0.4 is 10.9 Å². The summed E-state index contributed by atoms with van der Waals surface area (Å²) in [5, 5.41) is 12.6. The summed E-state index contributed by atoms with van der Waals surface area (Å²) in [6.45, 7) is 1.98. The molecular formula is C32H27F2N5O2S3. The number of nitrogens with zero attached hydrogens (tertiary/aromatic N) is 3. The van der Waals surface area contributed by atoms with E-state index in [0.717, 1.165) is 33.9 Å². The van der Waals surface area contributed by atoms with Crippen LogP contribution in [0.5, 0.6) is 0 Å². The smallest absolute Gasteiger partial charge is 0.268 e. The Morgan fingerprint density at radius 1 is 1.14 bits per heavy atom. The van der Waals surface area contributed by atoms with Gasteiger partial charge in [-0.3, -0.25) is 9.93 Å². The zero-order chi connectivity index (χ0) is 31.2. The zero-order valence-electron chi connectivity index (χ0n) is 23.6. The monoisotopic (exact) mass is 647 g/mol. The number of amides is 1. The van der Waals surface area contributed by atoms with E-state index in [2.05, 4.69) is 22.7 Å². The molecule has 1 aliphatic carbocycles. The van der Waals surface area contributed by atoms with Gasteiger partial charge in [-0.25, -0.2) is 22.7 Å². The molecule has 0 spiro atoms. The molecule has 4 N–H and O–H groups in total. The summed E-state index contributed by atoms with van der Waals surface area (Å²) in [4.78, 5) is 18.0. The highest BCUT2D eigenvalue weighted by Gasteiger charge is 2.29. The molecule has 1 unspecified atom stereocenters. The summed E-state index contributed by atoms with van der Waals surface area (Å²) < 4.78 is 44.0. The molecular weight excluding hydrogens is 621 g/mol. The van der Waals surface area contributed by atoms with Crippen LogP contribution in [0.4, 0.5) is 8.78 Å². The number of benzene rings is 2. The van der Waals surface area contributed by atoms with Gasteiger partial charge < -0.3 is 5.73 Å². The minimum atomic E-state index is -3.24. The van der Waals surface area contributed by atoms with Gasteiger partial charge in [-0.1, -0.05) is 17.9 Å². The van der Waals surface area contributed by atoms with Crippen molar-refractivity contribution in [2.24, 2.45) is 16.8 Å². The third-order valence-electron chi connectivity index (χ3n) is 7.24. The number of carbonyl (C=O) groups excluding carboxylic acids is 1. The largest absolute Gasteiger partial charge is 0.364 e. The minimum absolute atomic E-state index is 0.125. The van der Waals surface area contributed by atoms with E-state index in [1.54, 1.807) is 28.3 Å². The molecule has 1 aliphatic rings. The Hall–Kier alpha value is -4.15. The normalized spacial score (nSPS) is 14.2. The molecule has 224 valence electrons. The third-order valence-corrected chi connectivity index (χ3v) is 10.1. The Balaban J connectivity index is 1.51. The van der Waals surface area contributed by atoms with Crippen LogP contribution in [-0.2, 0) is 22.5 Å². The minimum Gasteiger partial charge on any atom is -0.364 e. The Morgan fingerprint density at radius 2 is 1.93 bits per heavy atom. The van der Waals surface area contributed by atoms with E-state index in [4.69, 9.17) is 16.0 Å². The molecule has 0 aliphatic heterocycles. The Morgan fingerprint density at radius 3 is 2.57 bits per heavy atom. The standard InChI is InChI=1S/C32H27F2N5O2S3/c1-18-3-9-23(43-18)10-7-21-16-22(8-11-25(21)33)30-24(13-20-6-12-29(26(34)14-20)44(2,36)41)28(15-19-4-5-19)39(38-30)32-37-27(17-42-32)31(35)40/h3,6,8-9,11-12,14,16-17,19H,2,4-5,13,15H2,1H3,(H2,35,40)(H2,36,41). The molecule has 5 aromatic rings. The van der Waals surface area contributed by atoms with Gasteiger partial charge in [0.15, 0.2) is 0 Å². The summed E-state index contributed by atoms with van der Waals surface area (Å²) in [7, 11) is -3.24. The van der Waals surface area contributed by atoms with Crippen molar-refractivity contribution < 1.29 is 17.8 Å². The van der Waals surface area contributed by atoms with Crippen molar-refractivity contribution in [2.45, 2.75) is 37.5 Å². The van der Waals surface area contributed by atoms with Gasteiger partial charge in [0.1, 0.15) is 17.3 Å². The Labute approximate surface area is 261 Å². The van der Waals surface area contributed by atoms with Crippen LogP contribution in [0.3, 0.4) is 0 Å². The fourth-order valence-corrected chi connectivity index (χ4v) is 7.07. The van der Waals surface area contributed by atoms with Gasteiger partial charge in [0.05, 0.1) is 36.4 Å². The first-order chi connectivity index (χ1) is 21.0. The molecule has 0 bridgehead atoms. The van der Waals surface area contributed by atoms with Crippen molar-refractivity contribution in [3.63, 3.8) is 0 Å². The van der Waals surface area contributed by atoms with Crippen molar-refractivity contribution >= 4 is 44.2 Å². The highest BCUT2D eigenvalue weighted by Crippen LogP contribution is 2.38. The molecule has 1 saturated carbocycles. The molecule has 7 nitrogen and oxygen atoms in total. The first-order valence-electron chi connectivity index (χ1n) is 13.6. The number of hydrogen-bond acceptors (Lipinski definition) is 6. The second kappa shape index (κ2) is 11.7. The van der Waals surface area contributed by atoms with Crippen molar-refractivity contribution in [1.29, 1.82) is 0 Å². The van der Waals surface area contributed by atoms with Gasteiger partial charge >= 0.3 is 0 Å². The van der Waals surface area contributed by atoms with Crippen LogP contribution in [0.1, 0.15) is 55.5 Å². The number of aromatic nitrogens is 3. The lowest BCUT2D eigenvalue weighted by molar-refractivity contribution is 0.0996. The van der Waals surface area contributed by atoms with Crippen LogP contribution in [-0.4, -0.2) is 30.8 Å². The van der Waals surface area contributed by atoms with Crippen molar-refractivity contribution in [1.82, 2.24) is 14.8 Å². The second-order valence-electron chi connectivity index (χ2n) is 10.7. The molecule has 1 amide bonds. The van der Waals surface area contributed by atoms with Crippen LogP contribution in [0, 0.1) is 36.3 Å². The van der Waals surface area contributed by atoms with E-state index in [1.807, 2.05) is 19.1 Å². The lowest BCUT2D eigenvalue weighted by atomic mass is 9.96. The predicted octanol–water partition coefficient (Wildman–Crippen LogP) is 5.63. The maximum absolute atomic E-state index is 15.0. The molecule has 1 fully saturated rings. The number of nitrogens with two attached hydrogens (primary N) is 2. The Kier molecular flexibility index (Phi) is 7.98. The number of rotatable bonds is 8. The molecule has 6 rings (SSSR count). The number of hydrogen-bond donors (Lipinski definition) is 2. The summed E-state index contributed by atoms with van der Waals surface area (Å²) in [5.74, 6) is 8.00. The van der Waals surface area contributed by atoms with E-state index in [-0.39, 0.29) is 22.6 Å². The van der Waals surface area contributed by atoms with Crippen LogP contribution in [0.2, 0.25) is 0 Å². The van der Waals surface area contributed by atoms with Gasteiger partial charge in [0.2, 0.25) is 5.13 Å². The first-order valence-corrected chi connectivity index (χ1v) is 17.1. The quantitative estimate of drug-likeness (QED) is 0.168. The zero-order valence-corrected chi connectivity index (χ0v) is 26.1. The van der Waals surface area contributed by atoms with Crippen molar-refractivity contribution in [3.8, 4) is 28.2 Å². The number of primary amides is 1. The number of carbonyl (C=O) groups is 1. The highest BCUT2D eigenvalue weighted by atomic mass is 32.2. The van der Waals surface area contributed by atoms with Crippen molar-refractivity contribution in [2.75, 3.05) is 0 Å². The maximum atomic E-state index is 15.0. The average molecular weight is 648 g/mol. The number of thiophene rings is 1. The lowest BCUT2D eigenvalue weighted by Gasteiger charge is -2.11. The fourth-order valence-electron chi connectivity index (χ4n) is 4.88. The molecule has 12 heteroatoms. The molecule has 0 radical (unpaired) electrons. The molecule has 2 aromatic carbocycles. The average Bonchev–Trinajstić information content (AvgIpc) is 3.31. The van der Waals surface area contributed by atoms with Gasteiger partial charge in [0, 0.05) is 27.8 Å². The molecule has 3 heterocycles. The summed E-state index contributed by atoms with van der Waals surface area (Å²) >= 11 is 2.76. The summed E-state index contributed by atoms with van der Waals surface area (Å²) in [6.07, 6.45) is 3.05. The van der Waals surface area contributed by atoms with Crippen LogP contribution in [0.15, 0.2) is 58.8 Å². The van der Waals surface area contributed by atoms with E-state index >= 15 is 4.39 Å². The molecule has 3 aromatic heterocycles. The Bertz CT molecular complexity index is 2100. The first kappa shape index (κ1) is 29.9. The van der Waals surface area contributed by atoms with Gasteiger partial charge in [-0.15, -0.1) is 22.7 Å². The van der Waals surface area contributed by atoms with E-state index < -0.39 is 27.2 Å². The van der Waals surface area contributed by atoms with E-state index in [9.17, 15) is 13.4 Å². The summed E-state index contributed by atoms with van der Waals surface area (Å²) in [5.41, 5.74) is 9.23. The van der Waals surface area contributed by atoms with Gasteiger partial charge in [0.25, 0.3) is 5.91 Å². The molecule has 44 heavy (non-hydrogen) atoms. The topological polar surface area (TPSA) is 117 Å². The summed E-state index contributed by atoms with van der Waals surface area (Å²) in [6, 6.07) is 12.9. The lowest BCUT2D eigenvalue weighted by Crippen LogP contribution is -2.14. The molecule has 0 saturated heterocycles. The third kappa shape index (κ3) is 6.37. The van der Waals surface area contributed by atoms with Crippen LogP contribution in [0.25, 0.3) is 16.4 Å². The van der Waals surface area contributed by atoms with E-state index in [1.165, 1.54) is 40.9 Å². The van der Waals surface area contributed by atoms with Crippen molar-refractivity contribution in [3.05, 3.63) is 103 Å². The SMILES string of the molecule is C=S(N)(=O)c1ccc(Cc2c(-c3ccc(F)c(C#Cc4ccc(C)s4)c3)nn(-c3nc(C(N)=O)cs3)c2CC2CC2)cc1F. The molecule has 1 atom stereocenters. The van der Waals surface area contributed by atoms with Crippen LogP contribution >= 0.6 is 22.7 Å². The number of halogens is 2. The predicted molar refractivity (Wildman–Crippen MR) is 172 cm³/mol. The van der Waals surface area contributed by atoms with Gasteiger partial charge in [-0.05, 0) is 86.0 Å². The van der Waals surface area contributed by atoms with Gasteiger partial charge in [-0.2, -0.15) is 5.10 Å². The number of thiazole rings is 1. The highest BCUT2D eigenvalue weighted by molar-refractivity contribution is 7.98. The second-order valence-corrected chi connectivity index (χ2v) is 14.8. The maximum Gasteiger partial charge on any atom is 0.268 e. The fraction of sp³-hybridized carbons (Fsp3) is 0.188. The van der Waals surface area contributed by atoms with E-state index in [0.29, 0.717) is 34.3 Å². The number of aryl methyl sites for hydroxylation is 1.